The monoisotopic (exact) mass is 999 g/mol. The molecule has 402 valence electrons. The number of allylic oxidation sites excluding steroid dienone is 1. The van der Waals surface area contributed by atoms with Gasteiger partial charge in [0, 0.05) is 12.8 Å². The Hall–Kier alpha value is -4.06. The summed E-state index contributed by atoms with van der Waals surface area (Å²) >= 11 is 0. The van der Waals surface area contributed by atoms with Crippen LogP contribution in [-0.4, -0.2) is 31.3 Å². The second-order valence-electron chi connectivity index (χ2n) is 24.4. The average Bonchev–Trinajstić information content (AvgIpc) is 3.75. The molecule has 0 aliphatic heterocycles. The van der Waals surface area contributed by atoms with E-state index in [-0.39, 0.29) is 17.5 Å². The first-order valence-corrected chi connectivity index (χ1v) is 30.1. The molecule has 0 unspecified atom stereocenters. The fourth-order valence-electron chi connectivity index (χ4n) is 14.4. The van der Waals surface area contributed by atoms with E-state index in [2.05, 4.69) is 47.6 Å². The minimum absolute atomic E-state index is 0.0120. The van der Waals surface area contributed by atoms with Crippen LogP contribution in [0.2, 0.25) is 0 Å². The molecule has 0 saturated heterocycles. The molecule has 0 radical (unpaired) electrons. The van der Waals surface area contributed by atoms with Crippen LogP contribution < -0.4 is 14.2 Å². The fourth-order valence-corrected chi connectivity index (χ4v) is 14.4. The lowest BCUT2D eigenvalue weighted by atomic mass is 9.47. The van der Waals surface area contributed by atoms with Gasteiger partial charge in [-0.25, -0.2) is 4.79 Å². The maximum Gasteiger partial charge on any atom is 0.343 e. The van der Waals surface area contributed by atoms with Crippen LogP contribution in [0.15, 0.2) is 84.4 Å². The van der Waals surface area contributed by atoms with Gasteiger partial charge in [-0.3, -0.25) is 4.79 Å². The second-order valence-corrected chi connectivity index (χ2v) is 24.4. The average molecular weight is 1000 g/mol. The Balaban J connectivity index is 0.733. The molecule has 0 amide bonds. The molecule has 3 fully saturated rings. The summed E-state index contributed by atoms with van der Waals surface area (Å²) in [6, 6.07) is 22.9. The lowest BCUT2D eigenvalue weighted by Gasteiger charge is -2.58. The normalized spacial score (nSPS) is 24.8. The highest BCUT2D eigenvalue weighted by Crippen LogP contribution is 2.67. The molecule has 0 N–H and O–H groups in total. The smallest absolute Gasteiger partial charge is 0.343 e. The molecule has 0 spiro atoms. The van der Waals surface area contributed by atoms with Gasteiger partial charge >= 0.3 is 11.9 Å². The first kappa shape index (κ1) is 56.7. The Morgan fingerprint density at radius 1 is 0.589 bits per heavy atom. The Morgan fingerprint density at radius 2 is 1.15 bits per heavy atom. The van der Waals surface area contributed by atoms with Gasteiger partial charge in [0.05, 0.1) is 18.8 Å². The highest BCUT2D eigenvalue weighted by atomic mass is 16.5. The van der Waals surface area contributed by atoms with E-state index in [0.717, 1.165) is 96.7 Å². The van der Waals surface area contributed by atoms with Crippen LogP contribution in [0.5, 0.6) is 17.2 Å². The Bertz CT molecular complexity index is 2120. The van der Waals surface area contributed by atoms with E-state index in [9.17, 15) is 9.59 Å². The first-order valence-electron chi connectivity index (χ1n) is 30.1. The summed E-state index contributed by atoms with van der Waals surface area (Å²) in [5.41, 5.74) is 4.92. The summed E-state index contributed by atoms with van der Waals surface area (Å²) in [7, 11) is 0. The maximum absolute atomic E-state index is 13.1. The molecule has 0 heterocycles. The van der Waals surface area contributed by atoms with Crippen molar-refractivity contribution >= 4 is 11.9 Å². The summed E-state index contributed by atoms with van der Waals surface area (Å²) in [4.78, 5) is 26.0. The number of esters is 2. The number of unbranched alkanes of at least 4 members (excludes halogenated alkanes) is 14. The number of carbonyl (C=O) groups is 2. The molecule has 3 saturated carbocycles. The fraction of sp³-hybridized carbons (Fsp3) is 0.672. The molecule has 0 bridgehead atoms. The molecule has 7 rings (SSSR count). The summed E-state index contributed by atoms with van der Waals surface area (Å²) < 4.78 is 23.9. The van der Waals surface area contributed by atoms with Crippen LogP contribution >= 0.6 is 0 Å². The van der Waals surface area contributed by atoms with Gasteiger partial charge in [0.15, 0.2) is 0 Å². The predicted molar refractivity (Wildman–Crippen MR) is 301 cm³/mol. The zero-order chi connectivity index (χ0) is 51.5. The van der Waals surface area contributed by atoms with Crippen molar-refractivity contribution in [3.05, 3.63) is 90.0 Å². The third-order valence-electron chi connectivity index (χ3n) is 18.7. The molecular formula is C67H98O6. The minimum Gasteiger partial charge on any atom is -0.494 e. The summed E-state index contributed by atoms with van der Waals surface area (Å²) in [6.45, 7) is 16.1. The minimum atomic E-state index is -0.391. The van der Waals surface area contributed by atoms with Crippen LogP contribution in [-0.2, 0) is 9.53 Å². The van der Waals surface area contributed by atoms with Crippen LogP contribution in [0.25, 0.3) is 11.1 Å². The summed E-state index contributed by atoms with van der Waals surface area (Å²) in [5, 5.41) is 0. The number of hydrogen-bond donors (Lipinski definition) is 0. The Morgan fingerprint density at radius 3 is 1.75 bits per heavy atom. The van der Waals surface area contributed by atoms with Crippen LogP contribution in [0.4, 0.5) is 0 Å². The zero-order valence-electron chi connectivity index (χ0n) is 46.7. The Kier molecular flexibility index (Phi) is 22.3. The van der Waals surface area contributed by atoms with Gasteiger partial charge in [-0.2, -0.15) is 0 Å². The van der Waals surface area contributed by atoms with E-state index in [1.807, 2.05) is 60.7 Å². The standard InChI is InChI=1S/C67H98O6/c1-7-8-9-10-11-12-13-14-15-16-17-18-19-21-47-70-57-36-31-54(32-37-57)65(69)73-58-38-29-53(30-39-58)52-27-34-56(35-28-52)71-48-22-20-26-64(68)72-59-43-45-66(5)55(49-59)33-40-60-62-42-41-61(51(4)25-23-24-50(2)3)67(62,6)46-44-63(60)66/h27-39,50-51,59-63H,7-26,40-49H2,1-6H3/t51-,59+,60+,61-,62+,63+,66+,67-/m1/s1. The van der Waals surface area contributed by atoms with E-state index >= 15 is 0 Å². The lowest BCUT2D eigenvalue weighted by Crippen LogP contribution is -2.51. The van der Waals surface area contributed by atoms with Crippen molar-refractivity contribution in [2.45, 2.75) is 227 Å². The third kappa shape index (κ3) is 16.2. The highest BCUT2D eigenvalue weighted by Gasteiger charge is 2.59. The molecule has 8 atom stereocenters. The molecule has 3 aromatic carbocycles. The van der Waals surface area contributed by atoms with Crippen molar-refractivity contribution in [1.29, 1.82) is 0 Å². The first-order chi connectivity index (χ1) is 35.5. The predicted octanol–water partition coefficient (Wildman–Crippen LogP) is 18.9. The van der Waals surface area contributed by atoms with Gasteiger partial charge < -0.3 is 18.9 Å². The quantitative estimate of drug-likeness (QED) is 0.0277. The van der Waals surface area contributed by atoms with E-state index < -0.39 is 5.97 Å². The van der Waals surface area contributed by atoms with Crippen molar-refractivity contribution in [3.63, 3.8) is 0 Å². The van der Waals surface area contributed by atoms with Crippen molar-refractivity contribution in [1.82, 2.24) is 0 Å². The van der Waals surface area contributed by atoms with E-state index in [4.69, 9.17) is 18.9 Å². The topological polar surface area (TPSA) is 71.1 Å². The van der Waals surface area contributed by atoms with Crippen molar-refractivity contribution in [3.8, 4) is 28.4 Å². The molecular weight excluding hydrogens is 901 g/mol. The van der Waals surface area contributed by atoms with E-state index in [1.54, 1.807) is 17.7 Å². The molecule has 3 aromatic rings. The van der Waals surface area contributed by atoms with Gasteiger partial charge in [-0.1, -0.05) is 180 Å². The lowest BCUT2D eigenvalue weighted by molar-refractivity contribution is -0.151. The van der Waals surface area contributed by atoms with Gasteiger partial charge in [0.2, 0.25) is 0 Å². The van der Waals surface area contributed by atoms with Crippen LogP contribution in [0.1, 0.15) is 232 Å². The number of hydrogen-bond acceptors (Lipinski definition) is 6. The molecule has 4 aliphatic rings. The number of benzene rings is 3. The van der Waals surface area contributed by atoms with E-state index in [1.165, 1.54) is 135 Å². The number of fused-ring (bicyclic) bond motifs is 5. The van der Waals surface area contributed by atoms with Gasteiger partial charge in [-0.15, -0.1) is 0 Å². The molecule has 6 heteroatoms. The van der Waals surface area contributed by atoms with Gasteiger partial charge in [-0.05, 0) is 170 Å². The third-order valence-corrected chi connectivity index (χ3v) is 18.7. The number of rotatable bonds is 31. The molecule has 6 nitrogen and oxygen atoms in total. The number of ether oxygens (including phenoxy) is 4. The Labute approximate surface area is 443 Å². The highest BCUT2D eigenvalue weighted by molar-refractivity contribution is 5.91. The molecule has 0 aromatic heterocycles. The summed E-state index contributed by atoms with van der Waals surface area (Å²) in [5.74, 6) is 6.64. The largest absolute Gasteiger partial charge is 0.494 e. The molecule has 73 heavy (non-hydrogen) atoms. The summed E-state index contributed by atoms with van der Waals surface area (Å²) in [6.07, 6.45) is 37.4. The van der Waals surface area contributed by atoms with Crippen LogP contribution in [0.3, 0.4) is 0 Å². The van der Waals surface area contributed by atoms with Gasteiger partial charge in [0.1, 0.15) is 23.4 Å². The molecule has 4 aliphatic carbocycles. The second kappa shape index (κ2) is 28.7. The number of carbonyl (C=O) groups excluding carboxylic acids is 2. The SMILES string of the molecule is CCCCCCCCCCCCCCCCOc1ccc(C(=O)Oc2ccc(-c3ccc(OCCCCC(=O)O[C@H]4CC[C@@]5(C)C(=CC[C@H]6[C@@H]7CC[C@H]([C@H](C)CCCC(C)C)[C@@]7(C)CC[C@@H]65)C4)cc3)cc2)cc1. The van der Waals surface area contributed by atoms with Gasteiger partial charge in [0.25, 0.3) is 0 Å². The van der Waals surface area contributed by atoms with Crippen molar-refractivity contribution in [2.75, 3.05) is 13.2 Å². The van der Waals surface area contributed by atoms with Crippen molar-refractivity contribution < 1.29 is 28.5 Å². The zero-order valence-corrected chi connectivity index (χ0v) is 46.7. The van der Waals surface area contributed by atoms with E-state index in [0.29, 0.717) is 36.4 Å². The van der Waals surface area contributed by atoms with Crippen molar-refractivity contribution in [2.24, 2.45) is 46.3 Å². The van der Waals surface area contributed by atoms with Crippen LogP contribution in [0, 0.1) is 46.3 Å². The maximum atomic E-state index is 13.1.